The molecule has 94 valence electrons. The third-order valence-electron chi connectivity index (χ3n) is 2.38. The van der Waals surface area contributed by atoms with E-state index in [2.05, 4.69) is 15.0 Å². The lowest BCUT2D eigenvalue weighted by molar-refractivity contribution is 0.362. The van der Waals surface area contributed by atoms with Crippen molar-refractivity contribution in [2.45, 2.75) is 0 Å². The van der Waals surface area contributed by atoms with Crippen LogP contribution in [0.5, 0.6) is 0 Å². The van der Waals surface area contributed by atoms with Crippen LogP contribution in [0, 0.1) is 5.82 Å². The van der Waals surface area contributed by atoms with Gasteiger partial charge in [-0.15, -0.1) is 0 Å². The monoisotopic (exact) mass is 260 g/mol. The minimum Gasteiger partial charge on any atom is -0.314 e. The first-order valence-electron chi connectivity index (χ1n) is 5.18. The molecule has 6 nitrogen and oxygen atoms in total. The Morgan fingerprint density at radius 3 is 2.65 bits per heavy atom. The minimum atomic E-state index is -3.59. The van der Waals surface area contributed by atoms with Crippen LogP contribution < -0.4 is 10.0 Å². The Morgan fingerprint density at radius 1 is 1.35 bits per heavy atom. The van der Waals surface area contributed by atoms with Crippen LogP contribution in [0.2, 0.25) is 0 Å². The Labute approximate surface area is 99.0 Å². The highest BCUT2D eigenvalue weighted by atomic mass is 32.2. The number of hydrogen-bond acceptors (Lipinski definition) is 4. The topological polar surface area (TPSA) is 74.3 Å². The molecule has 1 fully saturated rings. The van der Waals surface area contributed by atoms with Crippen LogP contribution in [0.4, 0.5) is 10.2 Å². The Morgan fingerprint density at radius 2 is 2.06 bits per heavy atom. The Kier molecular flexibility index (Phi) is 3.55. The maximum absolute atomic E-state index is 12.6. The highest BCUT2D eigenvalue weighted by Crippen LogP contribution is 2.09. The summed E-state index contributed by atoms with van der Waals surface area (Å²) in [4.78, 5) is 3.65. The van der Waals surface area contributed by atoms with Gasteiger partial charge in [0.25, 0.3) is 0 Å². The highest BCUT2D eigenvalue weighted by molar-refractivity contribution is 7.90. The lowest BCUT2D eigenvalue weighted by atomic mass is 10.4. The summed E-state index contributed by atoms with van der Waals surface area (Å²) >= 11 is 0. The predicted octanol–water partition coefficient (Wildman–Crippen LogP) is -0.217. The van der Waals surface area contributed by atoms with Gasteiger partial charge in [0, 0.05) is 26.2 Å². The molecule has 2 rings (SSSR count). The molecule has 2 N–H and O–H groups in total. The van der Waals surface area contributed by atoms with E-state index < -0.39 is 16.0 Å². The summed E-state index contributed by atoms with van der Waals surface area (Å²) in [6.07, 6.45) is 0.968. The van der Waals surface area contributed by atoms with Crippen molar-refractivity contribution in [3.63, 3.8) is 0 Å². The lowest BCUT2D eigenvalue weighted by Crippen LogP contribution is -2.48. The standard InChI is InChI=1S/C9H13FN4O2S/c10-8-1-2-9(12-7-8)13-17(15,16)14-5-3-11-4-6-14/h1-2,7,11H,3-6H2,(H,12,13). The Balaban J connectivity index is 2.08. The summed E-state index contributed by atoms with van der Waals surface area (Å²) in [5, 5.41) is 3.06. The maximum Gasteiger partial charge on any atom is 0.302 e. The van der Waals surface area contributed by atoms with Gasteiger partial charge in [0.2, 0.25) is 0 Å². The van der Waals surface area contributed by atoms with E-state index >= 15 is 0 Å². The number of pyridine rings is 1. The van der Waals surface area contributed by atoms with Crippen LogP contribution in [0.15, 0.2) is 18.3 Å². The minimum absolute atomic E-state index is 0.116. The number of nitrogens with one attached hydrogen (secondary N) is 2. The van der Waals surface area contributed by atoms with Crippen molar-refractivity contribution >= 4 is 16.0 Å². The van der Waals surface area contributed by atoms with Crippen molar-refractivity contribution in [3.8, 4) is 0 Å². The van der Waals surface area contributed by atoms with Crippen molar-refractivity contribution in [2.75, 3.05) is 30.9 Å². The second-order valence-corrected chi connectivity index (χ2v) is 5.29. The number of hydrogen-bond donors (Lipinski definition) is 2. The fraction of sp³-hybridized carbons (Fsp3) is 0.444. The molecule has 0 aliphatic carbocycles. The van der Waals surface area contributed by atoms with Crippen LogP contribution in [-0.2, 0) is 10.2 Å². The van der Waals surface area contributed by atoms with Crippen LogP contribution in [0.25, 0.3) is 0 Å². The molecule has 1 saturated heterocycles. The quantitative estimate of drug-likeness (QED) is 0.788. The summed E-state index contributed by atoms with van der Waals surface area (Å²) in [6.45, 7) is 2.07. The third kappa shape index (κ3) is 3.11. The van der Waals surface area contributed by atoms with Gasteiger partial charge in [0.15, 0.2) is 0 Å². The van der Waals surface area contributed by atoms with E-state index in [0.717, 1.165) is 12.3 Å². The molecule has 0 spiro atoms. The predicted molar refractivity (Wildman–Crippen MR) is 61.2 cm³/mol. The summed E-state index contributed by atoms with van der Waals surface area (Å²) in [7, 11) is -3.59. The summed E-state index contributed by atoms with van der Waals surface area (Å²) in [6, 6.07) is 2.44. The molecule has 1 aliphatic heterocycles. The molecule has 0 saturated carbocycles. The first kappa shape index (κ1) is 12.2. The molecule has 0 unspecified atom stereocenters. The van der Waals surface area contributed by atoms with Gasteiger partial charge >= 0.3 is 10.2 Å². The Bertz CT molecular complexity index is 470. The highest BCUT2D eigenvalue weighted by Gasteiger charge is 2.23. The molecule has 0 bridgehead atoms. The second-order valence-electron chi connectivity index (χ2n) is 3.62. The van der Waals surface area contributed by atoms with E-state index in [1.807, 2.05) is 0 Å². The molecule has 0 atom stereocenters. The molecule has 0 amide bonds. The lowest BCUT2D eigenvalue weighted by Gasteiger charge is -2.26. The first-order chi connectivity index (χ1) is 8.08. The Hall–Kier alpha value is -1.25. The van der Waals surface area contributed by atoms with Gasteiger partial charge < -0.3 is 5.32 Å². The van der Waals surface area contributed by atoms with Crippen molar-refractivity contribution < 1.29 is 12.8 Å². The summed E-state index contributed by atoms with van der Waals surface area (Å²) in [5.74, 6) is -0.389. The SMILES string of the molecule is O=S(=O)(Nc1ccc(F)cn1)N1CCNCC1. The number of aromatic nitrogens is 1. The molecule has 1 aliphatic rings. The zero-order chi connectivity index (χ0) is 12.3. The maximum atomic E-state index is 12.6. The fourth-order valence-electron chi connectivity index (χ4n) is 1.52. The number of rotatable bonds is 3. The zero-order valence-electron chi connectivity index (χ0n) is 9.06. The molecule has 1 aromatic rings. The summed E-state index contributed by atoms with van der Waals surface area (Å²) < 4.78 is 40.0. The van der Waals surface area contributed by atoms with Gasteiger partial charge in [-0.25, -0.2) is 9.37 Å². The van der Waals surface area contributed by atoms with E-state index in [1.165, 1.54) is 10.4 Å². The van der Waals surface area contributed by atoms with Gasteiger partial charge in [-0.05, 0) is 12.1 Å². The molecular formula is C9H13FN4O2S. The number of anilines is 1. The van der Waals surface area contributed by atoms with E-state index in [9.17, 15) is 12.8 Å². The van der Waals surface area contributed by atoms with Gasteiger partial charge in [0.05, 0.1) is 6.20 Å². The fourth-order valence-corrected chi connectivity index (χ4v) is 2.69. The van der Waals surface area contributed by atoms with Crippen molar-refractivity contribution in [1.82, 2.24) is 14.6 Å². The van der Waals surface area contributed by atoms with E-state index in [-0.39, 0.29) is 5.82 Å². The molecule has 17 heavy (non-hydrogen) atoms. The summed E-state index contributed by atoms with van der Waals surface area (Å²) in [5.41, 5.74) is 0. The van der Waals surface area contributed by atoms with E-state index in [4.69, 9.17) is 0 Å². The van der Waals surface area contributed by atoms with Crippen LogP contribution >= 0.6 is 0 Å². The van der Waals surface area contributed by atoms with E-state index in [0.29, 0.717) is 26.2 Å². The number of halogens is 1. The van der Waals surface area contributed by atoms with Crippen molar-refractivity contribution in [1.29, 1.82) is 0 Å². The molecule has 1 aromatic heterocycles. The van der Waals surface area contributed by atoms with Gasteiger partial charge in [-0.2, -0.15) is 12.7 Å². The zero-order valence-corrected chi connectivity index (χ0v) is 9.87. The molecule has 0 radical (unpaired) electrons. The first-order valence-corrected chi connectivity index (χ1v) is 6.62. The van der Waals surface area contributed by atoms with E-state index in [1.54, 1.807) is 0 Å². The van der Waals surface area contributed by atoms with Crippen molar-refractivity contribution in [2.24, 2.45) is 0 Å². The third-order valence-corrected chi connectivity index (χ3v) is 3.89. The molecule has 8 heteroatoms. The van der Waals surface area contributed by atoms with Crippen molar-refractivity contribution in [3.05, 3.63) is 24.1 Å². The normalized spacial score (nSPS) is 17.9. The average Bonchev–Trinajstić information content (AvgIpc) is 2.33. The second kappa shape index (κ2) is 4.94. The average molecular weight is 260 g/mol. The van der Waals surface area contributed by atoms with Gasteiger partial charge in [0.1, 0.15) is 11.6 Å². The largest absolute Gasteiger partial charge is 0.314 e. The number of piperazine rings is 1. The van der Waals surface area contributed by atoms with Gasteiger partial charge in [-0.1, -0.05) is 0 Å². The molecule has 0 aromatic carbocycles. The molecular weight excluding hydrogens is 247 g/mol. The van der Waals surface area contributed by atoms with Crippen LogP contribution in [0.1, 0.15) is 0 Å². The number of nitrogens with zero attached hydrogens (tertiary/aromatic N) is 2. The van der Waals surface area contributed by atoms with Crippen LogP contribution in [0.3, 0.4) is 0 Å². The van der Waals surface area contributed by atoms with Gasteiger partial charge in [-0.3, -0.25) is 4.72 Å². The molecule has 2 heterocycles. The smallest absolute Gasteiger partial charge is 0.302 e. The van der Waals surface area contributed by atoms with Crippen LogP contribution in [-0.4, -0.2) is 43.9 Å².